The maximum absolute atomic E-state index is 12.9. The predicted molar refractivity (Wildman–Crippen MR) is 59.5 cm³/mol. The zero-order chi connectivity index (χ0) is 14.0. The quantitative estimate of drug-likeness (QED) is 0.483. The smallest absolute Gasteiger partial charge is 0.269 e. The second-order valence-corrected chi connectivity index (χ2v) is 3.55. The molecule has 0 aliphatic rings. The number of benzene rings is 2. The maximum Gasteiger partial charge on any atom is 0.269 e. The summed E-state index contributed by atoms with van der Waals surface area (Å²) in [6.45, 7) is 0. The first-order valence-electron chi connectivity index (χ1n) is 5.04. The highest BCUT2D eigenvalue weighted by molar-refractivity contribution is 5.38. The average molecular weight is 269 g/mol. The number of nitrogens with zero attached hydrogens (tertiary/aromatic N) is 1. The first-order valence-corrected chi connectivity index (χ1v) is 5.04. The monoisotopic (exact) mass is 269 g/mol. The molecule has 19 heavy (non-hydrogen) atoms. The molecule has 4 nitrogen and oxygen atoms in total. The molecule has 0 bridgehead atoms. The minimum Gasteiger partial charge on any atom is -0.457 e. The molecule has 0 N–H and O–H groups in total. The Hall–Kier alpha value is -2.57. The summed E-state index contributed by atoms with van der Waals surface area (Å²) in [5, 5.41) is 10.4. The van der Waals surface area contributed by atoms with Crippen molar-refractivity contribution in [2.75, 3.05) is 0 Å². The van der Waals surface area contributed by atoms with Gasteiger partial charge in [-0.2, -0.15) is 0 Å². The van der Waals surface area contributed by atoms with Gasteiger partial charge < -0.3 is 4.74 Å². The minimum atomic E-state index is -1.59. The number of non-ortho nitro benzene ring substituents is 1. The highest BCUT2D eigenvalue weighted by atomic mass is 19.2. The molecular weight excluding hydrogens is 263 g/mol. The molecule has 0 amide bonds. The summed E-state index contributed by atoms with van der Waals surface area (Å²) in [4.78, 5) is 9.83. The van der Waals surface area contributed by atoms with Gasteiger partial charge in [-0.05, 0) is 12.1 Å². The van der Waals surface area contributed by atoms with Crippen LogP contribution in [0.15, 0.2) is 36.4 Å². The summed E-state index contributed by atoms with van der Waals surface area (Å²) in [6, 6.07) is 6.23. The van der Waals surface area contributed by atoms with Crippen molar-refractivity contribution in [1.82, 2.24) is 0 Å². The standard InChI is InChI=1S/C12H6F3NO3/c13-10-5-9(6-11(14)12(10)15)19-8-3-1-7(2-4-8)16(17)18/h1-6H. The first kappa shape index (κ1) is 12.9. The average Bonchev–Trinajstić information content (AvgIpc) is 2.36. The van der Waals surface area contributed by atoms with Gasteiger partial charge in [0.2, 0.25) is 0 Å². The Morgan fingerprint density at radius 3 is 1.95 bits per heavy atom. The molecule has 2 rings (SSSR count). The molecule has 2 aromatic rings. The second kappa shape index (κ2) is 4.97. The van der Waals surface area contributed by atoms with Crippen LogP contribution in [0.3, 0.4) is 0 Å². The third kappa shape index (κ3) is 2.82. The lowest BCUT2D eigenvalue weighted by atomic mass is 10.3. The summed E-state index contributed by atoms with van der Waals surface area (Å²) >= 11 is 0. The predicted octanol–water partition coefficient (Wildman–Crippen LogP) is 3.80. The molecule has 0 heterocycles. The van der Waals surface area contributed by atoms with Crippen molar-refractivity contribution in [3.05, 3.63) is 64.0 Å². The van der Waals surface area contributed by atoms with Gasteiger partial charge in [0.15, 0.2) is 17.5 Å². The zero-order valence-electron chi connectivity index (χ0n) is 9.27. The van der Waals surface area contributed by atoms with Crippen molar-refractivity contribution in [2.24, 2.45) is 0 Å². The number of hydrogen-bond donors (Lipinski definition) is 0. The molecule has 0 saturated carbocycles. The maximum atomic E-state index is 12.9. The van der Waals surface area contributed by atoms with Crippen LogP contribution in [0, 0.1) is 27.6 Å². The van der Waals surface area contributed by atoms with Gasteiger partial charge in [0.05, 0.1) is 4.92 Å². The van der Waals surface area contributed by atoms with E-state index in [0.29, 0.717) is 12.1 Å². The van der Waals surface area contributed by atoms with Gasteiger partial charge in [0.1, 0.15) is 11.5 Å². The van der Waals surface area contributed by atoms with Crippen molar-refractivity contribution >= 4 is 5.69 Å². The molecule has 7 heteroatoms. The van der Waals surface area contributed by atoms with Crippen molar-refractivity contribution in [3.63, 3.8) is 0 Å². The summed E-state index contributed by atoms with van der Waals surface area (Å²) in [7, 11) is 0. The number of ether oxygens (including phenoxy) is 1. The molecule has 0 saturated heterocycles. The van der Waals surface area contributed by atoms with E-state index in [1.165, 1.54) is 24.3 Å². The molecule has 0 aromatic heterocycles. The van der Waals surface area contributed by atoms with Crippen LogP contribution in [0.2, 0.25) is 0 Å². The molecule has 0 atom stereocenters. The topological polar surface area (TPSA) is 52.4 Å². The molecule has 0 aliphatic heterocycles. The van der Waals surface area contributed by atoms with Crippen molar-refractivity contribution in [1.29, 1.82) is 0 Å². The highest BCUT2D eigenvalue weighted by Crippen LogP contribution is 2.26. The largest absolute Gasteiger partial charge is 0.457 e. The summed E-state index contributed by atoms with van der Waals surface area (Å²) in [6.07, 6.45) is 0. The lowest BCUT2D eigenvalue weighted by Gasteiger charge is -2.06. The van der Waals surface area contributed by atoms with E-state index >= 15 is 0 Å². The van der Waals surface area contributed by atoms with E-state index in [2.05, 4.69) is 0 Å². The molecule has 0 aliphatic carbocycles. The number of hydrogen-bond acceptors (Lipinski definition) is 3. The first-order chi connectivity index (χ1) is 8.97. The number of rotatable bonds is 3. The molecule has 0 fully saturated rings. The molecular formula is C12H6F3NO3. The third-order valence-corrected chi connectivity index (χ3v) is 2.24. The SMILES string of the molecule is O=[N+]([O-])c1ccc(Oc2cc(F)c(F)c(F)c2)cc1. The second-order valence-electron chi connectivity index (χ2n) is 3.55. The fraction of sp³-hybridized carbons (Fsp3) is 0. The Kier molecular flexibility index (Phi) is 3.37. The van der Waals surface area contributed by atoms with E-state index in [4.69, 9.17) is 4.74 Å². The molecule has 0 unspecified atom stereocenters. The van der Waals surface area contributed by atoms with Gasteiger partial charge in [-0.15, -0.1) is 0 Å². The molecule has 0 spiro atoms. The summed E-state index contributed by atoms with van der Waals surface area (Å²) < 4.78 is 43.6. The van der Waals surface area contributed by atoms with E-state index in [0.717, 1.165) is 0 Å². The van der Waals surface area contributed by atoms with E-state index in [9.17, 15) is 23.3 Å². The van der Waals surface area contributed by atoms with E-state index in [-0.39, 0.29) is 17.2 Å². The molecule has 2 aromatic carbocycles. The van der Waals surface area contributed by atoms with Gasteiger partial charge in [0, 0.05) is 24.3 Å². The fourth-order valence-corrected chi connectivity index (χ4v) is 1.36. The Morgan fingerprint density at radius 2 is 1.47 bits per heavy atom. The van der Waals surface area contributed by atoms with E-state index in [1.54, 1.807) is 0 Å². The van der Waals surface area contributed by atoms with Crippen LogP contribution < -0.4 is 4.74 Å². The molecule has 0 radical (unpaired) electrons. The van der Waals surface area contributed by atoms with Crippen LogP contribution in [0.25, 0.3) is 0 Å². The van der Waals surface area contributed by atoms with Crippen LogP contribution >= 0.6 is 0 Å². The Bertz CT molecular complexity index is 606. The number of nitro benzene ring substituents is 1. The van der Waals surface area contributed by atoms with Crippen LogP contribution in [0.1, 0.15) is 0 Å². The van der Waals surface area contributed by atoms with Gasteiger partial charge >= 0.3 is 0 Å². The number of nitro groups is 1. The summed E-state index contributed by atoms with van der Waals surface area (Å²) in [5.41, 5.74) is -0.149. The van der Waals surface area contributed by atoms with Crippen molar-refractivity contribution in [3.8, 4) is 11.5 Å². The Labute approximate surface area is 105 Å². The van der Waals surface area contributed by atoms with Crippen LogP contribution in [-0.2, 0) is 0 Å². The Morgan fingerprint density at radius 1 is 0.947 bits per heavy atom. The fourth-order valence-electron chi connectivity index (χ4n) is 1.36. The van der Waals surface area contributed by atoms with E-state index in [1.807, 2.05) is 0 Å². The normalized spacial score (nSPS) is 10.3. The highest BCUT2D eigenvalue weighted by Gasteiger charge is 2.12. The van der Waals surface area contributed by atoms with Gasteiger partial charge in [-0.3, -0.25) is 10.1 Å². The van der Waals surface area contributed by atoms with Gasteiger partial charge in [-0.25, -0.2) is 13.2 Å². The van der Waals surface area contributed by atoms with Crippen molar-refractivity contribution < 1.29 is 22.8 Å². The van der Waals surface area contributed by atoms with Crippen LogP contribution in [0.4, 0.5) is 18.9 Å². The zero-order valence-corrected chi connectivity index (χ0v) is 9.27. The third-order valence-electron chi connectivity index (χ3n) is 2.24. The van der Waals surface area contributed by atoms with Gasteiger partial charge in [-0.1, -0.05) is 0 Å². The van der Waals surface area contributed by atoms with Crippen molar-refractivity contribution in [2.45, 2.75) is 0 Å². The Balaban J connectivity index is 2.24. The van der Waals surface area contributed by atoms with Crippen LogP contribution in [-0.4, -0.2) is 4.92 Å². The van der Waals surface area contributed by atoms with Gasteiger partial charge in [0.25, 0.3) is 5.69 Å². The van der Waals surface area contributed by atoms with E-state index < -0.39 is 22.4 Å². The number of halogens is 3. The van der Waals surface area contributed by atoms with Crippen LogP contribution in [0.5, 0.6) is 11.5 Å². The minimum absolute atomic E-state index is 0.135. The summed E-state index contributed by atoms with van der Waals surface area (Å²) in [5.74, 6) is -4.45. The lowest BCUT2D eigenvalue weighted by Crippen LogP contribution is -1.93. The lowest BCUT2D eigenvalue weighted by molar-refractivity contribution is -0.384. The molecule has 98 valence electrons.